The van der Waals surface area contributed by atoms with Crippen LogP contribution in [-0.4, -0.2) is 0 Å². The van der Waals surface area contributed by atoms with Crippen molar-refractivity contribution < 1.29 is 13.2 Å². The van der Waals surface area contributed by atoms with Crippen LogP contribution < -0.4 is 0 Å². The lowest BCUT2D eigenvalue weighted by atomic mass is 9.97. The van der Waals surface area contributed by atoms with Gasteiger partial charge in [0.1, 0.15) is 17.5 Å². The number of halogens is 5. The molecule has 0 amide bonds. The van der Waals surface area contributed by atoms with E-state index in [1.807, 2.05) is 24.3 Å². The highest BCUT2D eigenvalue weighted by molar-refractivity contribution is 9.28. The molecule has 0 fully saturated rings. The molecule has 0 saturated carbocycles. The highest BCUT2D eigenvalue weighted by atomic mass is 79.9. The molecule has 0 N–H and O–H groups in total. The molecule has 0 nitrogen and oxygen atoms in total. The van der Waals surface area contributed by atoms with Crippen molar-refractivity contribution >= 4 is 37.9 Å². The minimum Gasteiger partial charge on any atom is -0.206 e. The summed E-state index contributed by atoms with van der Waals surface area (Å²) in [7, 11) is 0. The summed E-state index contributed by atoms with van der Waals surface area (Å²) in [6.45, 7) is 2.12. The monoisotopic (exact) mass is 508 g/mol. The average molecular weight is 510 g/mol. The lowest BCUT2D eigenvalue weighted by molar-refractivity contribution is 0.579. The molecule has 0 aliphatic heterocycles. The van der Waals surface area contributed by atoms with Gasteiger partial charge in [-0.2, -0.15) is 0 Å². The Bertz CT molecular complexity index is 998. The topological polar surface area (TPSA) is 0 Å². The summed E-state index contributed by atoms with van der Waals surface area (Å²) in [5, 5.41) is 0. The van der Waals surface area contributed by atoms with E-state index in [1.165, 1.54) is 17.7 Å². The molecule has 0 spiro atoms. The van der Waals surface area contributed by atoms with Crippen LogP contribution in [-0.2, 0) is 6.42 Å². The molecule has 3 aromatic rings. The first-order valence-electron chi connectivity index (χ1n) is 8.80. The fourth-order valence-corrected chi connectivity index (χ4v) is 3.53. The molecule has 0 aliphatic carbocycles. The molecule has 0 atom stereocenters. The van der Waals surface area contributed by atoms with Crippen LogP contribution in [0.1, 0.15) is 24.5 Å². The van der Waals surface area contributed by atoms with Crippen LogP contribution in [0.5, 0.6) is 0 Å². The van der Waals surface area contributed by atoms with E-state index in [2.05, 4.69) is 38.8 Å². The molecular formula is C23H17Br2F3. The molecule has 0 bridgehead atoms. The quantitative estimate of drug-likeness (QED) is 0.323. The Morgan fingerprint density at radius 3 is 1.89 bits per heavy atom. The lowest BCUT2D eigenvalue weighted by Gasteiger charge is -2.10. The van der Waals surface area contributed by atoms with E-state index in [0.717, 1.165) is 30.5 Å². The van der Waals surface area contributed by atoms with E-state index in [9.17, 15) is 13.2 Å². The second kappa shape index (κ2) is 9.10. The molecule has 3 rings (SSSR count). The Labute approximate surface area is 179 Å². The van der Waals surface area contributed by atoms with Crippen molar-refractivity contribution in [3.8, 4) is 22.3 Å². The van der Waals surface area contributed by atoms with Gasteiger partial charge in [0.05, 0.1) is 3.39 Å². The van der Waals surface area contributed by atoms with Gasteiger partial charge in [0.15, 0.2) is 0 Å². The van der Waals surface area contributed by atoms with Crippen LogP contribution in [0, 0.1) is 17.5 Å². The number of rotatable bonds is 5. The van der Waals surface area contributed by atoms with E-state index in [0.29, 0.717) is 8.96 Å². The molecule has 0 aliphatic rings. The summed E-state index contributed by atoms with van der Waals surface area (Å²) in [5.41, 5.74) is 2.95. The van der Waals surface area contributed by atoms with Crippen molar-refractivity contribution in [3.63, 3.8) is 0 Å². The van der Waals surface area contributed by atoms with Gasteiger partial charge in [-0.05, 0) is 84.8 Å². The molecule has 28 heavy (non-hydrogen) atoms. The fourth-order valence-electron chi connectivity index (χ4n) is 3.07. The Morgan fingerprint density at radius 2 is 1.36 bits per heavy atom. The Kier molecular flexibility index (Phi) is 6.78. The molecule has 5 heteroatoms. The van der Waals surface area contributed by atoms with Crippen LogP contribution in [0.4, 0.5) is 13.2 Å². The summed E-state index contributed by atoms with van der Waals surface area (Å²) < 4.78 is 43.7. The van der Waals surface area contributed by atoms with Crippen LogP contribution in [0.25, 0.3) is 28.3 Å². The summed E-state index contributed by atoms with van der Waals surface area (Å²) in [5.74, 6) is -2.05. The van der Waals surface area contributed by atoms with Crippen molar-refractivity contribution in [1.82, 2.24) is 0 Å². The van der Waals surface area contributed by atoms with Crippen molar-refractivity contribution in [2.45, 2.75) is 19.8 Å². The number of benzene rings is 3. The van der Waals surface area contributed by atoms with Crippen molar-refractivity contribution in [1.29, 1.82) is 0 Å². The zero-order valence-electron chi connectivity index (χ0n) is 15.1. The van der Waals surface area contributed by atoms with Crippen LogP contribution in [0.15, 0.2) is 58.0 Å². The molecule has 0 aromatic heterocycles. The average Bonchev–Trinajstić information content (AvgIpc) is 2.65. The maximum Gasteiger partial charge on any atom is 0.134 e. The zero-order chi connectivity index (χ0) is 20.3. The van der Waals surface area contributed by atoms with Gasteiger partial charge in [0.2, 0.25) is 0 Å². The van der Waals surface area contributed by atoms with E-state index < -0.39 is 17.5 Å². The van der Waals surface area contributed by atoms with Gasteiger partial charge in [-0.3, -0.25) is 0 Å². The van der Waals surface area contributed by atoms with Crippen molar-refractivity contribution in [2.75, 3.05) is 0 Å². The zero-order valence-corrected chi connectivity index (χ0v) is 18.2. The summed E-state index contributed by atoms with van der Waals surface area (Å²) in [6, 6.07) is 14.9. The Morgan fingerprint density at radius 1 is 0.786 bits per heavy atom. The van der Waals surface area contributed by atoms with Gasteiger partial charge in [-0.15, -0.1) is 0 Å². The third kappa shape index (κ3) is 4.76. The highest BCUT2D eigenvalue weighted by Gasteiger charge is 2.14. The third-order valence-corrected chi connectivity index (χ3v) is 4.90. The van der Waals surface area contributed by atoms with Gasteiger partial charge in [0, 0.05) is 11.1 Å². The molecule has 144 valence electrons. The van der Waals surface area contributed by atoms with E-state index in [1.54, 1.807) is 12.1 Å². The van der Waals surface area contributed by atoms with E-state index >= 15 is 0 Å². The standard InChI is InChI=1S/C23H17Br2F3/c1-2-3-14-4-6-15(7-5-14)16-8-9-18(20(26)10-16)17-11-21(27)19(13-23(24)25)22(28)12-17/h4-13H,2-3H2,1H3. The molecule has 0 radical (unpaired) electrons. The molecule has 0 unspecified atom stereocenters. The van der Waals surface area contributed by atoms with Gasteiger partial charge < -0.3 is 0 Å². The Balaban J connectivity index is 1.96. The SMILES string of the molecule is CCCc1ccc(-c2ccc(-c3cc(F)c(C=C(Br)Br)c(F)c3)c(F)c2)cc1. The minimum absolute atomic E-state index is 0.151. The van der Waals surface area contributed by atoms with Gasteiger partial charge >= 0.3 is 0 Å². The summed E-state index contributed by atoms with van der Waals surface area (Å²) >= 11 is 6.16. The highest BCUT2D eigenvalue weighted by Crippen LogP contribution is 2.31. The van der Waals surface area contributed by atoms with Crippen LogP contribution in [0.2, 0.25) is 0 Å². The normalized spacial score (nSPS) is 10.8. The van der Waals surface area contributed by atoms with Crippen LogP contribution >= 0.6 is 31.9 Å². The first kappa shape index (κ1) is 20.9. The van der Waals surface area contributed by atoms with Crippen molar-refractivity contribution in [3.05, 3.63) is 86.6 Å². The summed E-state index contributed by atoms with van der Waals surface area (Å²) in [6.07, 6.45) is 3.34. The molecule has 0 heterocycles. The van der Waals surface area contributed by atoms with E-state index in [4.69, 9.17) is 0 Å². The van der Waals surface area contributed by atoms with Gasteiger partial charge in [0.25, 0.3) is 0 Å². The van der Waals surface area contributed by atoms with Gasteiger partial charge in [-0.25, -0.2) is 13.2 Å². The largest absolute Gasteiger partial charge is 0.206 e. The second-order valence-electron chi connectivity index (χ2n) is 6.43. The van der Waals surface area contributed by atoms with Crippen molar-refractivity contribution in [2.24, 2.45) is 0 Å². The number of hydrogen-bond donors (Lipinski definition) is 0. The predicted molar refractivity (Wildman–Crippen MR) is 117 cm³/mol. The smallest absolute Gasteiger partial charge is 0.134 e. The number of hydrogen-bond acceptors (Lipinski definition) is 0. The predicted octanol–water partition coefficient (Wildman–Crippen LogP) is 8.48. The maximum absolute atomic E-state index is 14.7. The maximum atomic E-state index is 14.7. The van der Waals surface area contributed by atoms with E-state index in [-0.39, 0.29) is 16.7 Å². The Hall–Kier alpha value is -1.85. The lowest BCUT2D eigenvalue weighted by Crippen LogP contribution is -1.93. The second-order valence-corrected chi connectivity index (χ2v) is 9.20. The minimum atomic E-state index is -0.763. The fraction of sp³-hybridized carbons (Fsp3) is 0.130. The molecule has 0 saturated heterocycles. The van der Waals surface area contributed by atoms with Crippen LogP contribution in [0.3, 0.4) is 0 Å². The first-order chi connectivity index (χ1) is 13.4. The van der Waals surface area contributed by atoms with Gasteiger partial charge in [-0.1, -0.05) is 49.7 Å². The first-order valence-corrected chi connectivity index (χ1v) is 10.4. The number of aryl methyl sites for hydroxylation is 1. The molecular weight excluding hydrogens is 493 g/mol. The molecule has 3 aromatic carbocycles. The summed E-state index contributed by atoms with van der Waals surface area (Å²) in [4.78, 5) is 0. The third-order valence-electron chi connectivity index (χ3n) is 4.44.